The lowest BCUT2D eigenvalue weighted by atomic mass is 10.1. The van der Waals surface area contributed by atoms with Crippen molar-refractivity contribution < 1.29 is 17.9 Å². The van der Waals surface area contributed by atoms with Gasteiger partial charge in [0.1, 0.15) is 5.52 Å². The van der Waals surface area contributed by atoms with Crippen molar-refractivity contribution in [2.45, 2.75) is 37.0 Å². The van der Waals surface area contributed by atoms with E-state index in [0.717, 1.165) is 0 Å². The number of sulfone groups is 1. The minimum atomic E-state index is -3.34. The smallest absolute Gasteiger partial charge is 0.255 e. The van der Waals surface area contributed by atoms with Crippen LogP contribution in [0.25, 0.3) is 22.4 Å². The predicted octanol–water partition coefficient (Wildman–Crippen LogP) is 2.57. The molecular weight excluding hydrogens is 392 g/mol. The summed E-state index contributed by atoms with van der Waals surface area (Å²) in [5.74, 6) is -0.273. The van der Waals surface area contributed by atoms with Crippen molar-refractivity contribution in [3.63, 3.8) is 0 Å². The molecule has 1 atom stereocenters. The average molecular weight is 417 g/mol. The number of benzene rings is 1. The average Bonchev–Trinajstić information content (AvgIpc) is 3.11. The molecule has 1 aromatic carbocycles. The van der Waals surface area contributed by atoms with Gasteiger partial charge >= 0.3 is 0 Å². The molecule has 2 aromatic heterocycles. The molecule has 0 bridgehead atoms. The van der Waals surface area contributed by atoms with Gasteiger partial charge in [-0.1, -0.05) is 12.1 Å². The zero-order valence-corrected chi connectivity index (χ0v) is 17.6. The van der Waals surface area contributed by atoms with Gasteiger partial charge in [0.2, 0.25) is 0 Å². The molecule has 29 heavy (non-hydrogen) atoms. The number of nitrogens with one attached hydrogen (secondary N) is 2. The summed E-state index contributed by atoms with van der Waals surface area (Å²) in [6, 6.07) is 6.36. The van der Waals surface area contributed by atoms with Gasteiger partial charge in [-0.15, -0.1) is 0 Å². The number of nitrogens with zero attached hydrogens (tertiary/aromatic N) is 2. The summed E-state index contributed by atoms with van der Waals surface area (Å²) in [7, 11) is -1.77. The second-order valence-corrected chi connectivity index (χ2v) is 9.61. The zero-order valence-electron chi connectivity index (χ0n) is 16.8. The van der Waals surface area contributed by atoms with E-state index < -0.39 is 15.1 Å². The van der Waals surface area contributed by atoms with E-state index >= 15 is 0 Å². The highest BCUT2D eigenvalue weighted by atomic mass is 32.2. The molecule has 0 radical (unpaired) electrons. The Morgan fingerprint density at radius 2 is 1.90 bits per heavy atom. The molecule has 154 valence electrons. The molecule has 9 heteroatoms. The van der Waals surface area contributed by atoms with E-state index in [1.165, 1.54) is 0 Å². The second kappa shape index (κ2) is 8.30. The first kappa shape index (κ1) is 20.9. The first-order valence-corrected chi connectivity index (χ1v) is 10.8. The van der Waals surface area contributed by atoms with Crippen LogP contribution in [0.15, 0.2) is 41.6 Å². The normalized spacial score (nSPS) is 13.0. The number of aromatic amines is 1. The molecule has 2 heterocycles. The second-order valence-electron chi connectivity index (χ2n) is 7.10. The van der Waals surface area contributed by atoms with E-state index in [1.54, 1.807) is 57.6 Å². The third kappa shape index (κ3) is 4.30. The molecular formula is C20H24N4O4S. The van der Waals surface area contributed by atoms with Crippen molar-refractivity contribution in [1.82, 2.24) is 20.3 Å². The Hall–Kier alpha value is -2.78. The van der Waals surface area contributed by atoms with Gasteiger partial charge in [-0.2, -0.15) is 0 Å². The molecule has 2 N–H and O–H groups in total. The minimum absolute atomic E-state index is 0.149. The van der Waals surface area contributed by atoms with Crippen LogP contribution in [0.4, 0.5) is 0 Å². The molecule has 0 unspecified atom stereocenters. The number of hydrogen-bond acceptors (Lipinski definition) is 6. The van der Waals surface area contributed by atoms with Crippen LogP contribution in [-0.4, -0.2) is 54.3 Å². The molecule has 0 fully saturated rings. The van der Waals surface area contributed by atoms with Gasteiger partial charge in [-0.25, -0.2) is 18.4 Å². The van der Waals surface area contributed by atoms with Crippen LogP contribution in [-0.2, 0) is 14.6 Å². The van der Waals surface area contributed by atoms with Gasteiger partial charge in [0.05, 0.1) is 34.2 Å². The molecule has 0 aliphatic carbocycles. The fourth-order valence-electron chi connectivity index (χ4n) is 2.88. The molecule has 0 aliphatic rings. The summed E-state index contributed by atoms with van der Waals surface area (Å²) in [4.78, 5) is 24.7. The number of carbonyl (C=O) groups is 1. The molecule has 3 rings (SSSR count). The van der Waals surface area contributed by atoms with E-state index in [1.807, 2.05) is 6.92 Å². The Morgan fingerprint density at radius 1 is 1.21 bits per heavy atom. The Labute approximate surface area is 169 Å². The van der Waals surface area contributed by atoms with Crippen molar-refractivity contribution in [3.8, 4) is 11.3 Å². The van der Waals surface area contributed by atoms with E-state index in [0.29, 0.717) is 34.6 Å². The molecule has 0 saturated carbocycles. The molecule has 3 aromatic rings. The summed E-state index contributed by atoms with van der Waals surface area (Å²) in [6.07, 6.45) is 3.15. The fraction of sp³-hybridized carbons (Fsp3) is 0.350. The van der Waals surface area contributed by atoms with E-state index in [-0.39, 0.29) is 16.8 Å². The van der Waals surface area contributed by atoms with Crippen LogP contribution >= 0.6 is 0 Å². The molecule has 0 aliphatic heterocycles. The van der Waals surface area contributed by atoms with Crippen LogP contribution in [0, 0.1) is 0 Å². The predicted molar refractivity (Wildman–Crippen MR) is 110 cm³/mol. The maximum Gasteiger partial charge on any atom is 0.255 e. The Morgan fingerprint density at radius 3 is 2.52 bits per heavy atom. The van der Waals surface area contributed by atoms with Crippen molar-refractivity contribution in [2.24, 2.45) is 0 Å². The number of rotatable bonds is 7. The number of ether oxygens (including phenoxy) is 1. The molecule has 0 saturated heterocycles. The number of fused-ring (bicyclic) bond motifs is 1. The topological polar surface area (TPSA) is 114 Å². The zero-order chi connectivity index (χ0) is 21.2. The maximum absolute atomic E-state index is 12.6. The van der Waals surface area contributed by atoms with Gasteiger partial charge in [0.15, 0.2) is 15.5 Å². The summed E-state index contributed by atoms with van der Waals surface area (Å²) in [6.45, 7) is 5.54. The van der Waals surface area contributed by atoms with Crippen molar-refractivity contribution >= 4 is 26.9 Å². The summed E-state index contributed by atoms with van der Waals surface area (Å²) < 4.78 is 29.6. The first-order valence-electron chi connectivity index (χ1n) is 9.22. The fourth-order valence-corrected chi connectivity index (χ4v) is 3.94. The number of hydrogen-bond donors (Lipinski definition) is 2. The molecule has 1 amide bonds. The standard InChI is InChI=1S/C20H24N4O4S/c1-12(2)29(26,27)15-7-5-14(6-8-15)17-10-22-19-18(24-17)16(9-21-19)20(25)23-13(3)11-28-4/h5-10,12-13H,11H2,1-4H3,(H,21,22)(H,23,25)/t13-/m0/s1. The Kier molecular flexibility index (Phi) is 5.99. The van der Waals surface area contributed by atoms with Crippen LogP contribution in [0.5, 0.6) is 0 Å². The third-order valence-electron chi connectivity index (χ3n) is 4.52. The highest BCUT2D eigenvalue weighted by Gasteiger charge is 2.20. The number of amides is 1. The lowest BCUT2D eigenvalue weighted by Crippen LogP contribution is -2.35. The Balaban J connectivity index is 1.93. The quantitative estimate of drug-likeness (QED) is 0.612. The lowest BCUT2D eigenvalue weighted by molar-refractivity contribution is 0.0907. The largest absolute Gasteiger partial charge is 0.383 e. The van der Waals surface area contributed by atoms with Crippen LogP contribution in [0.1, 0.15) is 31.1 Å². The molecule has 0 spiro atoms. The SMILES string of the molecule is COC[C@H](C)NC(=O)c1c[nH]c2ncc(-c3ccc(S(=O)(=O)C(C)C)cc3)nc12. The lowest BCUT2D eigenvalue weighted by Gasteiger charge is -2.12. The van der Waals surface area contributed by atoms with Crippen molar-refractivity contribution in [2.75, 3.05) is 13.7 Å². The summed E-state index contributed by atoms with van der Waals surface area (Å²) in [5.41, 5.74) is 2.59. The highest BCUT2D eigenvalue weighted by molar-refractivity contribution is 7.92. The van der Waals surface area contributed by atoms with Crippen LogP contribution in [0.3, 0.4) is 0 Å². The summed E-state index contributed by atoms with van der Waals surface area (Å²) >= 11 is 0. The van der Waals surface area contributed by atoms with Crippen LogP contribution < -0.4 is 5.32 Å². The van der Waals surface area contributed by atoms with Gasteiger partial charge in [-0.3, -0.25) is 4.79 Å². The minimum Gasteiger partial charge on any atom is -0.383 e. The molecule has 8 nitrogen and oxygen atoms in total. The third-order valence-corrected chi connectivity index (χ3v) is 6.69. The van der Waals surface area contributed by atoms with Gasteiger partial charge < -0.3 is 15.0 Å². The van der Waals surface area contributed by atoms with Crippen molar-refractivity contribution in [1.29, 1.82) is 0 Å². The number of H-pyrrole nitrogens is 1. The van der Waals surface area contributed by atoms with Gasteiger partial charge in [-0.05, 0) is 32.9 Å². The number of carbonyl (C=O) groups excluding carboxylic acids is 1. The van der Waals surface area contributed by atoms with E-state index in [2.05, 4.69) is 20.3 Å². The van der Waals surface area contributed by atoms with Gasteiger partial charge in [0, 0.05) is 24.9 Å². The summed E-state index contributed by atoms with van der Waals surface area (Å²) in [5, 5.41) is 2.36. The van der Waals surface area contributed by atoms with Crippen molar-refractivity contribution in [3.05, 3.63) is 42.2 Å². The van der Waals surface area contributed by atoms with Gasteiger partial charge in [0.25, 0.3) is 5.91 Å². The number of methoxy groups -OCH3 is 1. The maximum atomic E-state index is 12.6. The van der Waals surface area contributed by atoms with E-state index in [4.69, 9.17) is 4.74 Å². The Bertz CT molecular complexity index is 1120. The van der Waals surface area contributed by atoms with Crippen LogP contribution in [0.2, 0.25) is 0 Å². The highest BCUT2D eigenvalue weighted by Crippen LogP contribution is 2.24. The monoisotopic (exact) mass is 416 g/mol. The first-order chi connectivity index (χ1) is 13.7. The number of aromatic nitrogens is 3. The van der Waals surface area contributed by atoms with E-state index in [9.17, 15) is 13.2 Å².